The molecular weight excluding hydrogens is 298 g/mol. The average molecular weight is 318 g/mol. The van der Waals surface area contributed by atoms with Crippen LogP contribution in [0.5, 0.6) is 0 Å². The van der Waals surface area contributed by atoms with Crippen LogP contribution in [0.25, 0.3) is 0 Å². The molecule has 0 aliphatic carbocycles. The van der Waals surface area contributed by atoms with E-state index in [1.54, 1.807) is 7.11 Å². The van der Waals surface area contributed by atoms with Crippen LogP contribution in [-0.2, 0) is 14.2 Å². The number of ether oxygens (including phenoxy) is 3. The summed E-state index contributed by atoms with van der Waals surface area (Å²) in [6, 6.07) is 8.06. The number of hydrogen-bond acceptors (Lipinski definition) is 4. The Morgan fingerprint density at radius 3 is 2.50 bits per heavy atom. The van der Waals surface area contributed by atoms with Crippen LogP contribution in [0.15, 0.2) is 28.7 Å². The summed E-state index contributed by atoms with van der Waals surface area (Å²) in [7, 11) is 1.66. The van der Waals surface area contributed by atoms with Gasteiger partial charge in [-0.2, -0.15) is 0 Å². The van der Waals surface area contributed by atoms with E-state index in [0.29, 0.717) is 33.0 Å². The van der Waals surface area contributed by atoms with Gasteiger partial charge >= 0.3 is 0 Å². The third kappa shape index (κ3) is 7.66. The first-order chi connectivity index (χ1) is 8.83. The van der Waals surface area contributed by atoms with Gasteiger partial charge in [0.15, 0.2) is 0 Å². The molecule has 1 aromatic rings. The Morgan fingerprint density at radius 1 is 1.06 bits per heavy atom. The number of halogens is 1. The van der Waals surface area contributed by atoms with E-state index in [1.165, 1.54) is 0 Å². The van der Waals surface area contributed by atoms with E-state index in [4.69, 9.17) is 14.2 Å². The summed E-state index contributed by atoms with van der Waals surface area (Å²) >= 11 is 3.43. The van der Waals surface area contributed by atoms with Crippen molar-refractivity contribution in [1.29, 1.82) is 0 Å². The topological polar surface area (TPSA) is 39.7 Å². The minimum Gasteiger partial charge on any atom is -0.383 e. The molecule has 0 saturated heterocycles. The summed E-state index contributed by atoms with van der Waals surface area (Å²) in [6.07, 6.45) is 0. The predicted octanol–water partition coefficient (Wildman–Crippen LogP) is 2.54. The zero-order valence-corrected chi connectivity index (χ0v) is 12.2. The third-order valence-electron chi connectivity index (χ3n) is 2.20. The first-order valence-electron chi connectivity index (χ1n) is 5.97. The third-order valence-corrected chi connectivity index (χ3v) is 2.70. The molecule has 0 fully saturated rings. The summed E-state index contributed by atoms with van der Waals surface area (Å²) in [5.41, 5.74) is 1.09. The van der Waals surface area contributed by atoms with Crippen molar-refractivity contribution in [2.45, 2.75) is 0 Å². The number of nitrogens with one attached hydrogen (secondary N) is 1. The lowest BCUT2D eigenvalue weighted by Gasteiger charge is -2.08. The summed E-state index contributed by atoms with van der Waals surface area (Å²) in [5, 5.41) is 3.28. The van der Waals surface area contributed by atoms with Gasteiger partial charge in [0, 0.05) is 23.8 Å². The molecule has 0 atom stereocenters. The van der Waals surface area contributed by atoms with Gasteiger partial charge in [-0.05, 0) is 18.2 Å². The standard InChI is InChI=1S/C13H20BrNO3/c1-16-7-8-18-10-9-17-6-5-15-13-4-2-3-12(14)11-13/h2-4,11,15H,5-10H2,1H3. The van der Waals surface area contributed by atoms with Gasteiger partial charge in [-0.25, -0.2) is 0 Å². The Hall–Kier alpha value is -0.620. The molecule has 0 spiro atoms. The lowest BCUT2D eigenvalue weighted by Crippen LogP contribution is -2.13. The van der Waals surface area contributed by atoms with Gasteiger partial charge < -0.3 is 19.5 Å². The summed E-state index contributed by atoms with van der Waals surface area (Å²) in [4.78, 5) is 0. The highest BCUT2D eigenvalue weighted by Crippen LogP contribution is 2.14. The van der Waals surface area contributed by atoms with Crippen molar-refractivity contribution in [3.05, 3.63) is 28.7 Å². The maximum atomic E-state index is 5.43. The molecule has 0 bridgehead atoms. The highest BCUT2D eigenvalue weighted by Gasteiger charge is 1.93. The Kier molecular flexibility index (Phi) is 8.85. The van der Waals surface area contributed by atoms with Crippen molar-refractivity contribution in [1.82, 2.24) is 0 Å². The summed E-state index contributed by atoms with van der Waals surface area (Å²) in [5.74, 6) is 0. The second-order valence-corrected chi connectivity index (χ2v) is 4.57. The number of hydrogen-bond donors (Lipinski definition) is 1. The van der Waals surface area contributed by atoms with Gasteiger partial charge in [0.05, 0.1) is 33.0 Å². The smallest absolute Gasteiger partial charge is 0.0701 e. The fourth-order valence-electron chi connectivity index (χ4n) is 1.33. The lowest BCUT2D eigenvalue weighted by atomic mass is 10.3. The minimum absolute atomic E-state index is 0.611. The lowest BCUT2D eigenvalue weighted by molar-refractivity contribution is 0.0272. The number of rotatable bonds is 10. The first kappa shape index (κ1) is 15.4. The minimum atomic E-state index is 0.611. The average Bonchev–Trinajstić information content (AvgIpc) is 2.37. The van der Waals surface area contributed by atoms with Gasteiger partial charge in [0.1, 0.15) is 0 Å². The summed E-state index contributed by atoms with van der Waals surface area (Å²) in [6.45, 7) is 3.93. The fourth-order valence-corrected chi connectivity index (χ4v) is 1.73. The Labute approximate surface area is 117 Å². The molecule has 0 heterocycles. The predicted molar refractivity (Wildman–Crippen MR) is 76.1 cm³/mol. The number of anilines is 1. The quantitative estimate of drug-likeness (QED) is 0.673. The van der Waals surface area contributed by atoms with Gasteiger partial charge in [-0.15, -0.1) is 0 Å². The number of benzene rings is 1. The fraction of sp³-hybridized carbons (Fsp3) is 0.538. The highest BCUT2D eigenvalue weighted by atomic mass is 79.9. The van der Waals surface area contributed by atoms with Crippen molar-refractivity contribution in [2.75, 3.05) is 52.0 Å². The van der Waals surface area contributed by atoms with Crippen LogP contribution in [0.4, 0.5) is 5.69 Å². The van der Waals surface area contributed by atoms with E-state index in [0.717, 1.165) is 16.7 Å². The molecule has 0 aliphatic heterocycles. The monoisotopic (exact) mass is 317 g/mol. The van der Waals surface area contributed by atoms with Crippen LogP contribution in [0.1, 0.15) is 0 Å². The van der Waals surface area contributed by atoms with Crippen molar-refractivity contribution >= 4 is 21.6 Å². The Balaban J connectivity index is 1.92. The molecule has 4 nitrogen and oxygen atoms in total. The van der Waals surface area contributed by atoms with E-state index in [9.17, 15) is 0 Å². The molecule has 5 heteroatoms. The van der Waals surface area contributed by atoms with Gasteiger partial charge in [0.2, 0.25) is 0 Å². The van der Waals surface area contributed by atoms with Crippen LogP contribution in [0.3, 0.4) is 0 Å². The second kappa shape index (κ2) is 10.3. The van der Waals surface area contributed by atoms with Gasteiger partial charge in [0.25, 0.3) is 0 Å². The van der Waals surface area contributed by atoms with E-state index in [1.807, 2.05) is 24.3 Å². The molecule has 102 valence electrons. The molecule has 1 aromatic carbocycles. The van der Waals surface area contributed by atoms with Crippen molar-refractivity contribution in [3.63, 3.8) is 0 Å². The second-order valence-electron chi connectivity index (χ2n) is 3.65. The van der Waals surface area contributed by atoms with Crippen LogP contribution in [0, 0.1) is 0 Å². The normalized spacial score (nSPS) is 10.6. The van der Waals surface area contributed by atoms with Crippen LogP contribution in [-0.4, -0.2) is 46.7 Å². The van der Waals surface area contributed by atoms with Gasteiger partial charge in [-0.3, -0.25) is 0 Å². The SMILES string of the molecule is COCCOCCOCCNc1cccc(Br)c1. The molecule has 0 amide bonds. The highest BCUT2D eigenvalue weighted by molar-refractivity contribution is 9.10. The zero-order chi connectivity index (χ0) is 13.1. The molecule has 1 N–H and O–H groups in total. The molecule has 0 aliphatic rings. The molecule has 0 saturated carbocycles. The van der Waals surface area contributed by atoms with E-state index in [2.05, 4.69) is 21.2 Å². The molecule has 0 aromatic heterocycles. The van der Waals surface area contributed by atoms with Crippen LogP contribution >= 0.6 is 15.9 Å². The zero-order valence-electron chi connectivity index (χ0n) is 10.7. The van der Waals surface area contributed by atoms with E-state index >= 15 is 0 Å². The van der Waals surface area contributed by atoms with E-state index in [-0.39, 0.29) is 0 Å². The molecule has 1 rings (SSSR count). The van der Waals surface area contributed by atoms with Crippen LogP contribution in [0.2, 0.25) is 0 Å². The van der Waals surface area contributed by atoms with Crippen molar-refractivity contribution < 1.29 is 14.2 Å². The maximum Gasteiger partial charge on any atom is 0.0701 e. The van der Waals surface area contributed by atoms with E-state index < -0.39 is 0 Å². The molecule has 18 heavy (non-hydrogen) atoms. The van der Waals surface area contributed by atoms with Crippen molar-refractivity contribution in [3.8, 4) is 0 Å². The van der Waals surface area contributed by atoms with Crippen molar-refractivity contribution in [2.24, 2.45) is 0 Å². The van der Waals surface area contributed by atoms with Gasteiger partial charge in [-0.1, -0.05) is 22.0 Å². The summed E-state index contributed by atoms with van der Waals surface area (Å²) < 4.78 is 16.6. The molecular formula is C13H20BrNO3. The maximum absolute atomic E-state index is 5.43. The van der Waals surface area contributed by atoms with Crippen LogP contribution < -0.4 is 5.32 Å². The number of methoxy groups -OCH3 is 1. The molecule has 0 unspecified atom stereocenters. The largest absolute Gasteiger partial charge is 0.383 e. The Bertz CT molecular complexity index is 323. The Morgan fingerprint density at radius 2 is 1.78 bits per heavy atom. The molecule has 0 radical (unpaired) electrons. The first-order valence-corrected chi connectivity index (χ1v) is 6.76.